The number of allylic oxidation sites excluding steroid dienone is 10. The van der Waals surface area contributed by atoms with Crippen LogP contribution in [0.3, 0.4) is 0 Å². The third kappa shape index (κ3) is 60.0. The summed E-state index contributed by atoms with van der Waals surface area (Å²) >= 11 is 0. The van der Waals surface area contributed by atoms with Gasteiger partial charge >= 0.3 is 17.9 Å². The molecule has 74 heavy (non-hydrogen) atoms. The zero-order valence-electron chi connectivity index (χ0n) is 49.4. The Hall–Kier alpha value is -2.89. The Bertz CT molecular complexity index is 1330. The predicted octanol–water partition coefficient (Wildman–Crippen LogP) is 21.9. The van der Waals surface area contributed by atoms with Gasteiger partial charge in [0.15, 0.2) is 6.10 Å². The van der Waals surface area contributed by atoms with E-state index in [1.54, 1.807) is 0 Å². The molecule has 0 N–H and O–H groups in total. The van der Waals surface area contributed by atoms with Crippen LogP contribution in [0.25, 0.3) is 0 Å². The molecule has 0 bridgehead atoms. The fourth-order valence-corrected chi connectivity index (χ4v) is 9.36. The van der Waals surface area contributed by atoms with Crippen molar-refractivity contribution >= 4 is 17.9 Å². The standard InChI is InChI=1S/C68H122O6/c1-4-7-10-13-16-19-22-25-28-30-32-33-34-35-36-38-40-43-46-49-52-55-58-61-67(70)73-64-65(63-72-66(69)60-57-54-51-48-45-42-39-27-24-21-18-15-12-9-6-3)74-68(71)62-59-56-53-50-47-44-41-37-31-29-26-23-20-17-14-11-8-5-2/h20,22-23,25,29-32,34-35,65H,4-19,21,24,26-28,33,36-64H2,1-3H3/b23-20-,25-22-,31-29-,32-30-,35-34-. The lowest BCUT2D eigenvalue weighted by atomic mass is 10.0. The summed E-state index contributed by atoms with van der Waals surface area (Å²) in [6.45, 7) is 6.65. The first-order chi connectivity index (χ1) is 36.5. The molecule has 0 aliphatic rings. The molecule has 430 valence electrons. The molecule has 0 aromatic heterocycles. The van der Waals surface area contributed by atoms with Crippen molar-refractivity contribution in [2.45, 2.75) is 341 Å². The largest absolute Gasteiger partial charge is 0.462 e. The Labute approximate surface area is 460 Å². The number of esters is 3. The lowest BCUT2D eigenvalue weighted by Crippen LogP contribution is -2.30. The second kappa shape index (κ2) is 62.6. The highest BCUT2D eigenvalue weighted by atomic mass is 16.6. The summed E-state index contributed by atoms with van der Waals surface area (Å²) in [7, 11) is 0. The topological polar surface area (TPSA) is 78.9 Å². The molecule has 0 aromatic rings. The molecule has 0 fully saturated rings. The van der Waals surface area contributed by atoms with Crippen molar-refractivity contribution in [1.29, 1.82) is 0 Å². The van der Waals surface area contributed by atoms with Gasteiger partial charge in [0.1, 0.15) is 13.2 Å². The van der Waals surface area contributed by atoms with Gasteiger partial charge in [0, 0.05) is 19.3 Å². The molecular formula is C68H122O6. The van der Waals surface area contributed by atoms with Gasteiger partial charge in [0.25, 0.3) is 0 Å². The molecule has 0 aliphatic carbocycles. The first-order valence-corrected chi connectivity index (χ1v) is 32.3. The normalized spacial score (nSPS) is 12.4. The van der Waals surface area contributed by atoms with E-state index in [1.807, 2.05) is 0 Å². The molecule has 0 amide bonds. The van der Waals surface area contributed by atoms with E-state index in [0.29, 0.717) is 19.3 Å². The van der Waals surface area contributed by atoms with Crippen LogP contribution in [0.2, 0.25) is 0 Å². The van der Waals surface area contributed by atoms with Crippen molar-refractivity contribution in [3.05, 3.63) is 60.8 Å². The molecule has 0 heterocycles. The minimum absolute atomic E-state index is 0.0767. The average Bonchev–Trinajstić information content (AvgIpc) is 3.40. The van der Waals surface area contributed by atoms with Crippen LogP contribution in [0.15, 0.2) is 60.8 Å². The third-order valence-corrected chi connectivity index (χ3v) is 14.2. The molecule has 0 rings (SSSR count). The number of hydrogen-bond acceptors (Lipinski definition) is 6. The van der Waals surface area contributed by atoms with Gasteiger partial charge in [-0.3, -0.25) is 14.4 Å². The highest BCUT2D eigenvalue weighted by Gasteiger charge is 2.19. The zero-order valence-corrected chi connectivity index (χ0v) is 49.4. The highest BCUT2D eigenvalue weighted by Crippen LogP contribution is 2.17. The van der Waals surface area contributed by atoms with E-state index in [0.717, 1.165) is 89.9 Å². The second-order valence-electron chi connectivity index (χ2n) is 21.7. The molecule has 0 aromatic carbocycles. The Morgan fingerprint density at radius 3 is 0.770 bits per heavy atom. The SMILES string of the molecule is CCCCCC/C=C\C/C=C\CCCCCCCCCC(=O)OC(COC(=O)CCCCCCCCCC/C=C\C/C=C\C/C=C\CCCCCCC)COC(=O)CCCCCCCCCCCCCCCCC. The molecule has 1 unspecified atom stereocenters. The Morgan fingerprint density at radius 2 is 0.486 bits per heavy atom. The lowest BCUT2D eigenvalue weighted by molar-refractivity contribution is -0.167. The average molecular weight is 1040 g/mol. The van der Waals surface area contributed by atoms with Gasteiger partial charge in [-0.1, -0.05) is 287 Å². The Kier molecular flexibility index (Phi) is 60.2. The Morgan fingerprint density at radius 1 is 0.270 bits per heavy atom. The molecule has 6 heteroatoms. The number of carbonyl (C=O) groups is 3. The second-order valence-corrected chi connectivity index (χ2v) is 21.7. The maximum absolute atomic E-state index is 12.9. The van der Waals surface area contributed by atoms with E-state index in [1.165, 1.54) is 205 Å². The lowest BCUT2D eigenvalue weighted by Gasteiger charge is -2.18. The molecule has 0 saturated carbocycles. The molecule has 0 radical (unpaired) electrons. The molecule has 6 nitrogen and oxygen atoms in total. The predicted molar refractivity (Wildman–Crippen MR) is 321 cm³/mol. The number of carbonyl (C=O) groups excluding carboxylic acids is 3. The monoisotopic (exact) mass is 1030 g/mol. The van der Waals surface area contributed by atoms with E-state index in [-0.39, 0.29) is 31.1 Å². The van der Waals surface area contributed by atoms with Crippen LogP contribution in [0.1, 0.15) is 335 Å². The van der Waals surface area contributed by atoms with E-state index >= 15 is 0 Å². The van der Waals surface area contributed by atoms with Crippen LogP contribution in [-0.4, -0.2) is 37.2 Å². The fourth-order valence-electron chi connectivity index (χ4n) is 9.36. The van der Waals surface area contributed by atoms with E-state index in [2.05, 4.69) is 81.5 Å². The maximum atomic E-state index is 12.9. The summed E-state index contributed by atoms with van der Waals surface area (Å²) in [5, 5.41) is 0. The van der Waals surface area contributed by atoms with Crippen molar-refractivity contribution in [1.82, 2.24) is 0 Å². The molecule has 1 atom stereocenters. The van der Waals surface area contributed by atoms with Gasteiger partial charge in [-0.05, 0) is 89.9 Å². The number of unbranched alkanes of at least 4 members (excludes halogenated alkanes) is 38. The van der Waals surface area contributed by atoms with Crippen molar-refractivity contribution in [3.8, 4) is 0 Å². The van der Waals surface area contributed by atoms with Crippen molar-refractivity contribution in [2.75, 3.05) is 13.2 Å². The first kappa shape index (κ1) is 71.1. The first-order valence-electron chi connectivity index (χ1n) is 32.3. The van der Waals surface area contributed by atoms with Crippen molar-refractivity contribution < 1.29 is 28.6 Å². The number of rotatable bonds is 59. The highest BCUT2D eigenvalue weighted by molar-refractivity contribution is 5.71. The van der Waals surface area contributed by atoms with Crippen LogP contribution < -0.4 is 0 Å². The molecule has 0 spiro atoms. The van der Waals surface area contributed by atoms with E-state index in [4.69, 9.17) is 14.2 Å². The van der Waals surface area contributed by atoms with Crippen LogP contribution in [0.5, 0.6) is 0 Å². The summed E-state index contributed by atoms with van der Waals surface area (Å²) < 4.78 is 16.9. The van der Waals surface area contributed by atoms with E-state index in [9.17, 15) is 14.4 Å². The van der Waals surface area contributed by atoms with Crippen LogP contribution in [-0.2, 0) is 28.6 Å². The smallest absolute Gasteiger partial charge is 0.306 e. The van der Waals surface area contributed by atoms with Gasteiger partial charge in [0.2, 0.25) is 0 Å². The minimum atomic E-state index is -0.781. The quantitative estimate of drug-likeness (QED) is 0.0261. The van der Waals surface area contributed by atoms with Crippen molar-refractivity contribution in [2.24, 2.45) is 0 Å². The fraction of sp³-hybridized carbons (Fsp3) is 0.809. The summed E-state index contributed by atoms with van der Waals surface area (Å²) in [4.78, 5) is 38.3. The summed E-state index contributed by atoms with van der Waals surface area (Å²) in [5.74, 6) is -0.874. The third-order valence-electron chi connectivity index (χ3n) is 14.2. The molecule has 0 saturated heterocycles. The van der Waals surface area contributed by atoms with Gasteiger partial charge in [0.05, 0.1) is 0 Å². The summed E-state index contributed by atoms with van der Waals surface area (Å²) in [5.41, 5.74) is 0. The minimum Gasteiger partial charge on any atom is -0.462 e. The van der Waals surface area contributed by atoms with Gasteiger partial charge in [-0.15, -0.1) is 0 Å². The van der Waals surface area contributed by atoms with Gasteiger partial charge in [-0.2, -0.15) is 0 Å². The van der Waals surface area contributed by atoms with E-state index < -0.39 is 6.10 Å². The summed E-state index contributed by atoms with van der Waals surface area (Å²) in [6.07, 6.45) is 79.3. The molecule has 0 aliphatic heterocycles. The van der Waals surface area contributed by atoms with Crippen LogP contribution in [0, 0.1) is 0 Å². The van der Waals surface area contributed by atoms with Crippen molar-refractivity contribution in [3.63, 3.8) is 0 Å². The Balaban J connectivity index is 4.36. The number of hydrogen-bond donors (Lipinski definition) is 0. The van der Waals surface area contributed by atoms with Crippen LogP contribution >= 0.6 is 0 Å². The van der Waals surface area contributed by atoms with Crippen LogP contribution in [0.4, 0.5) is 0 Å². The molecular weight excluding hydrogens is 913 g/mol. The maximum Gasteiger partial charge on any atom is 0.306 e. The summed E-state index contributed by atoms with van der Waals surface area (Å²) in [6, 6.07) is 0. The zero-order chi connectivity index (χ0) is 53.6. The number of ether oxygens (including phenoxy) is 3. The van der Waals surface area contributed by atoms with Gasteiger partial charge < -0.3 is 14.2 Å². The van der Waals surface area contributed by atoms with Gasteiger partial charge in [-0.25, -0.2) is 0 Å².